The van der Waals surface area contributed by atoms with Crippen molar-refractivity contribution in [2.24, 2.45) is 5.73 Å². The number of aliphatic hydroxyl groups is 1. The molecular weight excluding hydrogens is 623 g/mol. The maximum Gasteiger partial charge on any atom is 0.472 e. The molecule has 1 amide bonds. The van der Waals surface area contributed by atoms with Crippen LogP contribution in [0.3, 0.4) is 0 Å². The Kier molecular flexibility index (Phi) is 33.7. The molecule has 0 fully saturated rings. The zero-order chi connectivity index (χ0) is 35.4. The topological polar surface area (TPSA) is 131 Å². The molecule has 0 aromatic heterocycles. The highest BCUT2D eigenvalue weighted by Crippen LogP contribution is 2.43. The second-order valence-corrected chi connectivity index (χ2v) is 13.9. The van der Waals surface area contributed by atoms with Gasteiger partial charge in [0.05, 0.1) is 25.4 Å². The average molecular weight is 695 g/mol. The number of carbonyl (C=O) groups excluding carboxylic acids is 1. The van der Waals surface area contributed by atoms with Crippen LogP contribution in [0.1, 0.15) is 149 Å². The van der Waals surface area contributed by atoms with Crippen molar-refractivity contribution in [3.63, 3.8) is 0 Å². The van der Waals surface area contributed by atoms with Gasteiger partial charge in [0.2, 0.25) is 5.91 Å². The molecule has 0 aromatic rings. The van der Waals surface area contributed by atoms with E-state index < -0.39 is 20.0 Å². The van der Waals surface area contributed by atoms with Gasteiger partial charge in [-0.25, -0.2) is 4.57 Å². The molecule has 8 nitrogen and oxygen atoms in total. The van der Waals surface area contributed by atoms with Gasteiger partial charge in [0, 0.05) is 13.0 Å². The Morgan fingerprint density at radius 3 is 1.77 bits per heavy atom. The summed E-state index contributed by atoms with van der Waals surface area (Å²) in [5.74, 6) is -0.214. The molecule has 278 valence electrons. The van der Waals surface area contributed by atoms with Crippen LogP contribution in [0.4, 0.5) is 0 Å². The third kappa shape index (κ3) is 32.7. The minimum Gasteiger partial charge on any atom is -0.387 e. The van der Waals surface area contributed by atoms with Crippen molar-refractivity contribution in [3.8, 4) is 0 Å². The lowest BCUT2D eigenvalue weighted by Gasteiger charge is -2.23. The largest absolute Gasteiger partial charge is 0.472 e. The molecule has 0 aliphatic carbocycles. The van der Waals surface area contributed by atoms with Gasteiger partial charge >= 0.3 is 7.82 Å². The number of phosphoric ester groups is 1. The number of phosphoric acid groups is 1. The van der Waals surface area contributed by atoms with Gasteiger partial charge in [-0.1, -0.05) is 145 Å². The lowest BCUT2D eigenvalue weighted by Crippen LogP contribution is -2.45. The molecule has 0 aliphatic rings. The molecule has 0 aromatic carbocycles. The Morgan fingerprint density at radius 2 is 1.21 bits per heavy atom. The van der Waals surface area contributed by atoms with Gasteiger partial charge in [0.15, 0.2) is 0 Å². The SMILES string of the molecule is CC/C=C\C/C=C\C/C=C\C/C=C\CCCCCCCCC(=O)NC(COP(=O)(O)OCCN)C(O)/C=C/CCCCCCCCCC. The molecule has 0 rings (SSSR count). The Hall–Kier alpha value is -1.80. The number of unbranched alkanes of at least 4 members (excludes halogenated alkanes) is 14. The van der Waals surface area contributed by atoms with Crippen LogP contribution in [0, 0.1) is 0 Å². The number of aliphatic hydroxyl groups excluding tert-OH is 1. The third-order valence-corrected chi connectivity index (χ3v) is 8.83. The zero-order valence-corrected chi connectivity index (χ0v) is 31.3. The highest BCUT2D eigenvalue weighted by Gasteiger charge is 2.26. The first-order valence-corrected chi connectivity index (χ1v) is 20.4. The number of allylic oxidation sites excluding steroid dienone is 9. The Morgan fingerprint density at radius 1 is 0.708 bits per heavy atom. The summed E-state index contributed by atoms with van der Waals surface area (Å²) in [5, 5.41) is 13.6. The van der Waals surface area contributed by atoms with E-state index in [4.69, 9.17) is 14.8 Å². The first kappa shape index (κ1) is 46.2. The molecule has 0 bridgehead atoms. The van der Waals surface area contributed by atoms with E-state index >= 15 is 0 Å². The number of hydrogen-bond acceptors (Lipinski definition) is 6. The Bertz CT molecular complexity index is 933. The van der Waals surface area contributed by atoms with E-state index in [0.29, 0.717) is 6.42 Å². The molecule has 0 aliphatic heterocycles. The molecule has 3 atom stereocenters. The predicted octanol–water partition coefficient (Wildman–Crippen LogP) is 9.94. The second-order valence-electron chi connectivity index (χ2n) is 12.4. The summed E-state index contributed by atoms with van der Waals surface area (Å²) >= 11 is 0. The number of nitrogens with one attached hydrogen (secondary N) is 1. The summed E-state index contributed by atoms with van der Waals surface area (Å²) in [4.78, 5) is 22.6. The lowest BCUT2D eigenvalue weighted by molar-refractivity contribution is -0.123. The van der Waals surface area contributed by atoms with E-state index in [-0.39, 0.29) is 25.7 Å². The molecular formula is C39H71N2O6P. The van der Waals surface area contributed by atoms with Gasteiger partial charge in [0.1, 0.15) is 0 Å². The standard InChI is InChI=1S/C39H71N2O6P/c1-3-5-7-9-11-13-15-16-17-18-19-20-21-22-23-25-27-29-31-33-39(43)41-37(36-47-48(44,45)46-35-34-40)38(42)32-30-28-26-24-14-12-10-8-6-4-2/h5,7,11,13,16-17,19-20,30,32,37-38,42H,3-4,6,8-10,12,14-15,18,21-29,31,33-36,40H2,1-2H3,(H,41,43)(H,44,45)/b7-5-,13-11-,17-16-,20-19-,32-30+. The fraction of sp³-hybridized carbons (Fsp3) is 0.718. The number of rotatable bonds is 34. The fourth-order valence-electron chi connectivity index (χ4n) is 5.00. The van der Waals surface area contributed by atoms with Crippen molar-refractivity contribution >= 4 is 13.7 Å². The molecule has 0 spiro atoms. The van der Waals surface area contributed by atoms with E-state index in [0.717, 1.165) is 77.0 Å². The Labute approximate surface area is 294 Å². The van der Waals surface area contributed by atoms with Gasteiger partial charge in [-0.3, -0.25) is 13.8 Å². The highest BCUT2D eigenvalue weighted by molar-refractivity contribution is 7.47. The summed E-state index contributed by atoms with van der Waals surface area (Å²) < 4.78 is 22.0. The number of amides is 1. The van der Waals surface area contributed by atoms with E-state index in [1.807, 2.05) is 6.08 Å². The van der Waals surface area contributed by atoms with E-state index in [2.05, 4.69) is 67.8 Å². The predicted molar refractivity (Wildman–Crippen MR) is 203 cm³/mol. The minimum atomic E-state index is -4.34. The molecule has 5 N–H and O–H groups in total. The van der Waals surface area contributed by atoms with Crippen LogP contribution in [0.5, 0.6) is 0 Å². The summed E-state index contributed by atoms with van der Waals surface area (Å²) in [6, 6.07) is -0.868. The maximum atomic E-state index is 12.7. The van der Waals surface area contributed by atoms with Crippen LogP contribution < -0.4 is 11.1 Å². The van der Waals surface area contributed by atoms with Crippen LogP contribution in [0.15, 0.2) is 60.8 Å². The van der Waals surface area contributed by atoms with E-state index in [1.54, 1.807) is 6.08 Å². The summed E-state index contributed by atoms with van der Waals surface area (Å²) in [5.41, 5.74) is 5.35. The average Bonchev–Trinajstić information content (AvgIpc) is 3.07. The number of hydrogen-bond donors (Lipinski definition) is 4. The van der Waals surface area contributed by atoms with Crippen LogP contribution in [-0.4, -0.2) is 47.8 Å². The smallest absolute Gasteiger partial charge is 0.387 e. The van der Waals surface area contributed by atoms with Gasteiger partial charge in [-0.15, -0.1) is 0 Å². The number of nitrogens with two attached hydrogens (primary N) is 1. The molecule has 3 unspecified atom stereocenters. The maximum absolute atomic E-state index is 12.7. The monoisotopic (exact) mass is 695 g/mol. The lowest BCUT2D eigenvalue weighted by atomic mass is 10.1. The van der Waals surface area contributed by atoms with Crippen molar-refractivity contribution < 1.29 is 28.4 Å². The molecule has 0 saturated heterocycles. The zero-order valence-electron chi connectivity index (χ0n) is 30.5. The van der Waals surface area contributed by atoms with Crippen LogP contribution in [0.2, 0.25) is 0 Å². The minimum absolute atomic E-state index is 0.0729. The van der Waals surface area contributed by atoms with Crippen LogP contribution in [0.25, 0.3) is 0 Å². The second kappa shape index (κ2) is 35.0. The highest BCUT2D eigenvalue weighted by atomic mass is 31.2. The summed E-state index contributed by atoms with van der Waals surface area (Å²) in [6.07, 6.45) is 42.6. The normalized spacial score (nSPS) is 15.0. The van der Waals surface area contributed by atoms with Crippen molar-refractivity contribution in [2.45, 2.75) is 161 Å². The van der Waals surface area contributed by atoms with Crippen molar-refractivity contribution in [3.05, 3.63) is 60.8 Å². The van der Waals surface area contributed by atoms with E-state index in [1.165, 1.54) is 51.4 Å². The molecule has 9 heteroatoms. The van der Waals surface area contributed by atoms with Crippen molar-refractivity contribution in [2.75, 3.05) is 19.8 Å². The molecule has 48 heavy (non-hydrogen) atoms. The van der Waals surface area contributed by atoms with Crippen molar-refractivity contribution in [1.29, 1.82) is 0 Å². The summed E-state index contributed by atoms with van der Waals surface area (Å²) in [6.45, 7) is 3.96. The van der Waals surface area contributed by atoms with Crippen molar-refractivity contribution in [1.82, 2.24) is 5.32 Å². The fourth-order valence-corrected chi connectivity index (χ4v) is 5.76. The van der Waals surface area contributed by atoms with Gasteiger partial charge in [0.25, 0.3) is 0 Å². The van der Waals surface area contributed by atoms with Gasteiger partial charge in [-0.2, -0.15) is 0 Å². The van der Waals surface area contributed by atoms with Crippen LogP contribution in [-0.2, 0) is 18.4 Å². The molecule has 0 radical (unpaired) electrons. The molecule has 0 heterocycles. The molecule has 0 saturated carbocycles. The Balaban J connectivity index is 4.29. The quantitative estimate of drug-likeness (QED) is 0.0300. The van der Waals surface area contributed by atoms with Gasteiger partial charge in [-0.05, 0) is 57.8 Å². The number of carbonyl (C=O) groups is 1. The third-order valence-electron chi connectivity index (χ3n) is 7.85. The first-order chi connectivity index (χ1) is 23.4. The summed E-state index contributed by atoms with van der Waals surface area (Å²) in [7, 11) is -4.34. The van der Waals surface area contributed by atoms with Gasteiger partial charge < -0.3 is 21.1 Å². The van der Waals surface area contributed by atoms with Crippen LogP contribution >= 0.6 is 7.82 Å². The first-order valence-electron chi connectivity index (χ1n) is 18.9. The van der Waals surface area contributed by atoms with E-state index in [9.17, 15) is 19.4 Å².